The Bertz CT molecular complexity index is 734. The minimum Gasteiger partial charge on any atom is -0.478 e. The topological polar surface area (TPSA) is 91.7 Å². The molecule has 0 saturated carbocycles. The van der Waals surface area contributed by atoms with Crippen LogP contribution < -0.4 is 0 Å². The Morgan fingerprint density at radius 2 is 1.29 bits per heavy atom. The van der Waals surface area contributed by atoms with Crippen molar-refractivity contribution < 1.29 is 24.6 Å². The highest BCUT2D eigenvalue weighted by Crippen LogP contribution is 2.23. The molecule has 2 rings (SSSR count). The van der Waals surface area contributed by atoms with Gasteiger partial charge >= 0.3 is 11.9 Å². The molecule has 2 aromatic rings. The second-order valence-electron chi connectivity index (χ2n) is 4.22. The number of hydrogen-bond donors (Lipinski definition) is 2. The van der Waals surface area contributed by atoms with E-state index < -0.39 is 17.2 Å². The van der Waals surface area contributed by atoms with Crippen LogP contribution in [0.5, 0.6) is 0 Å². The van der Waals surface area contributed by atoms with Crippen LogP contribution in [-0.2, 0) is 0 Å². The summed E-state index contributed by atoms with van der Waals surface area (Å²) in [5, 5.41) is 17.4. The molecule has 0 aliphatic heterocycles. The van der Waals surface area contributed by atoms with Crippen molar-refractivity contribution in [2.75, 3.05) is 0 Å². The molecule has 0 aromatic heterocycles. The molecule has 106 valence electrons. The molecule has 0 bridgehead atoms. The van der Waals surface area contributed by atoms with Gasteiger partial charge in [-0.25, -0.2) is 9.59 Å². The highest BCUT2D eigenvalue weighted by atomic mass is 35.5. The van der Waals surface area contributed by atoms with E-state index in [1.54, 1.807) is 12.1 Å². The van der Waals surface area contributed by atoms with Crippen LogP contribution >= 0.6 is 11.6 Å². The fourth-order valence-electron chi connectivity index (χ4n) is 1.88. The highest BCUT2D eigenvalue weighted by Gasteiger charge is 2.16. The smallest absolute Gasteiger partial charge is 0.336 e. The van der Waals surface area contributed by atoms with E-state index in [-0.39, 0.29) is 11.1 Å². The number of halogens is 1. The van der Waals surface area contributed by atoms with Crippen LogP contribution in [0.2, 0.25) is 0 Å². The van der Waals surface area contributed by atoms with Crippen LogP contribution in [-0.4, -0.2) is 27.4 Å². The monoisotopic (exact) mass is 304 g/mol. The van der Waals surface area contributed by atoms with E-state index in [4.69, 9.17) is 21.8 Å². The maximum absolute atomic E-state index is 11.1. The third kappa shape index (κ3) is 3.09. The molecule has 21 heavy (non-hydrogen) atoms. The number of carboxylic acid groups (broad SMARTS) is 2. The van der Waals surface area contributed by atoms with Gasteiger partial charge in [0, 0.05) is 5.56 Å². The molecule has 0 atom stereocenters. The van der Waals surface area contributed by atoms with Crippen LogP contribution in [0.3, 0.4) is 0 Å². The first-order valence-corrected chi connectivity index (χ1v) is 6.19. The molecule has 0 aliphatic rings. The van der Waals surface area contributed by atoms with E-state index in [0.29, 0.717) is 16.7 Å². The van der Waals surface area contributed by atoms with Gasteiger partial charge in [-0.1, -0.05) is 18.2 Å². The highest BCUT2D eigenvalue weighted by molar-refractivity contribution is 6.67. The average Bonchev–Trinajstić information content (AvgIpc) is 2.46. The van der Waals surface area contributed by atoms with Gasteiger partial charge in [-0.3, -0.25) is 4.79 Å². The van der Waals surface area contributed by atoms with E-state index >= 15 is 0 Å². The largest absolute Gasteiger partial charge is 0.478 e. The van der Waals surface area contributed by atoms with Gasteiger partial charge < -0.3 is 10.2 Å². The summed E-state index contributed by atoms with van der Waals surface area (Å²) in [7, 11) is 0. The SMILES string of the molecule is O=C(Cl)c1ccc(-c2ccc(C(=O)O)c(C(=O)O)c2)cc1. The first-order chi connectivity index (χ1) is 9.90. The first-order valence-electron chi connectivity index (χ1n) is 5.81. The fourth-order valence-corrected chi connectivity index (χ4v) is 2.01. The Balaban J connectivity index is 2.49. The lowest BCUT2D eigenvalue weighted by atomic mass is 9.98. The second kappa shape index (κ2) is 5.76. The van der Waals surface area contributed by atoms with Crippen LogP contribution in [0, 0.1) is 0 Å². The molecule has 2 aromatic carbocycles. The Labute approximate surface area is 124 Å². The second-order valence-corrected chi connectivity index (χ2v) is 4.57. The molecule has 5 nitrogen and oxygen atoms in total. The van der Waals surface area contributed by atoms with Gasteiger partial charge in [0.1, 0.15) is 0 Å². The zero-order valence-electron chi connectivity index (χ0n) is 10.5. The number of carbonyl (C=O) groups is 3. The van der Waals surface area contributed by atoms with E-state index in [9.17, 15) is 14.4 Å². The Kier molecular flexibility index (Phi) is 4.05. The molecular formula is C15H9ClO5. The van der Waals surface area contributed by atoms with Gasteiger partial charge in [0.15, 0.2) is 0 Å². The van der Waals surface area contributed by atoms with Gasteiger partial charge in [0.05, 0.1) is 11.1 Å². The Morgan fingerprint density at radius 1 is 0.762 bits per heavy atom. The van der Waals surface area contributed by atoms with Gasteiger partial charge in [-0.15, -0.1) is 0 Å². The van der Waals surface area contributed by atoms with Crippen molar-refractivity contribution in [3.8, 4) is 11.1 Å². The molecule has 0 saturated heterocycles. The summed E-state index contributed by atoms with van der Waals surface area (Å²) < 4.78 is 0. The van der Waals surface area contributed by atoms with Crippen LogP contribution in [0.4, 0.5) is 0 Å². The maximum atomic E-state index is 11.1. The number of rotatable bonds is 4. The number of carbonyl (C=O) groups excluding carboxylic acids is 1. The minimum atomic E-state index is -1.32. The van der Waals surface area contributed by atoms with E-state index in [1.165, 1.54) is 30.3 Å². The van der Waals surface area contributed by atoms with Gasteiger partial charge in [0.25, 0.3) is 5.24 Å². The molecule has 0 radical (unpaired) electrons. The summed E-state index contributed by atoms with van der Waals surface area (Å²) in [6.45, 7) is 0. The third-order valence-corrected chi connectivity index (χ3v) is 3.14. The van der Waals surface area contributed by atoms with Crippen molar-refractivity contribution in [1.29, 1.82) is 0 Å². The van der Waals surface area contributed by atoms with Crippen molar-refractivity contribution >= 4 is 28.8 Å². The molecular weight excluding hydrogens is 296 g/mol. The third-order valence-electron chi connectivity index (χ3n) is 2.93. The number of carboxylic acids is 2. The zero-order valence-corrected chi connectivity index (χ0v) is 11.3. The van der Waals surface area contributed by atoms with Gasteiger partial charge in [-0.05, 0) is 47.0 Å². The van der Waals surface area contributed by atoms with Crippen LogP contribution in [0.25, 0.3) is 11.1 Å². The predicted octanol–water partition coefficient (Wildman–Crippen LogP) is 3.13. The van der Waals surface area contributed by atoms with Gasteiger partial charge in [0.2, 0.25) is 0 Å². The fraction of sp³-hybridized carbons (Fsp3) is 0. The van der Waals surface area contributed by atoms with Gasteiger partial charge in [-0.2, -0.15) is 0 Å². The zero-order chi connectivity index (χ0) is 15.6. The predicted molar refractivity (Wildman–Crippen MR) is 76.0 cm³/mol. The molecule has 0 amide bonds. The summed E-state index contributed by atoms with van der Waals surface area (Å²) >= 11 is 5.34. The molecule has 0 aliphatic carbocycles. The first kappa shape index (κ1) is 14.7. The molecule has 0 unspecified atom stereocenters. The summed E-state index contributed by atoms with van der Waals surface area (Å²) in [5.74, 6) is -2.62. The Morgan fingerprint density at radius 3 is 1.76 bits per heavy atom. The lowest BCUT2D eigenvalue weighted by Crippen LogP contribution is -2.08. The van der Waals surface area contributed by atoms with E-state index in [1.807, 2.05) is 0 Å². The van der Waals surface area contributed by atoms with E-state index in [0.717, 1.165) is 0 Å². The number of aromatic carboxylic acids is 2. The summed E-state index contributed by atoms with van der Waals surface area (Å²) in [6.07, 6.45) is 0. The number of hydrogen-bond acceptors (Lipinski definition) is 3. The molecule has 6 heteroatoms. The van der Waals surface area contributed by atoms with Crippen molar-refractivity contribution in [2.24, 2.45) is 0 Å². The summed E-state index contributed by atoms with van der Waals surface area (Å²) in [4.78, 5) is 33.1. The normalized spacial score (nSPS) is 10.1. The molecule has 0 fully saturated rings. The summed E-state index contributed by atoms with van der Waals surface area (Å²) in [5.41, 5.74) is 0.930. The quantitative estimate of drug-likeness (QED) is 0.847. The molecule has 0 heterocycles. The van der Waals surface area contributed by atoms with Crippen LogP contribution in [0.15, 0.2) is 42.5 Å². The van der Waals surface area contributed by atoms with Crippen molar-refractivity contribution in [2.45, 2.75) is 0 Å². The van der Waals surface area contributed by atoms with E-state index in [2.05, 4.69) is 0 Å². The number of benzene rings is 2. The lowest BCUT2D eigenvalue weighted by Gasteiger charge is -2.06. The maximum Gasteiger partial charge on any atom is 0.336 e. The molecule has 2 N–H and O–H groups in total. The minimum absolute atomic E-state index is 0.279. The van der Waals surface area contributed by atoms with Crippen molar-refractivity contribution in [3.05, 3.63) is 59.2 Å². The summed E-state index contributed by atoms with van der Waals surface area (Å²) in [6, 6.07) is 10.3. The Hall–Kier alpha value is -2.66. The van der Waals surface area contributed by atoms with Crippen molar-refractivity contribution in [3.63, 3.8) is 0 Å². The van der Waals surface area contributed by atoms with Crippen molar-refractivity contribution in [1.82, 2.24) is 0 Å². The standard InChI is InChI=1S/C15H9ClO5/c16-13(17)9-3-1-8(2-4-9)10-5-6-11(14(18)19)12(7-10)15(20)21/h1-7H,(H,18,19)(H,20,21). The lowest BCUT2D eigenvalue weighted by molar-refractivity contribution is 0.0651. The molecule has 0 spiro atoms. The van der Waals surface area contributed by atoms with Crippen LogP contribution in [0.1, 0.15) is 31.1 Å². The average molecular weight is 305 g/mol.